The standard InChI is InChI=1S/C19H18O8/c1-26-16-6-3-11(8-15(16)22)4-7-18(23)27-17(19(24)25)10-12-2-5-13(20)14(21)9-12/h2-9,17,20-22H,10H2,1H3,(H,24,25). The molecule has 2 rings (SSSR count). The smallest absolute Gasteiger partial charge is 0.345 e. The van der Waals surface area contributed by atoms with E-state index in [1.54, 1.807) is 6.07 Å². The Morgan fingerprint density at radius 1 is 1.04 bits per heavy atom. The van der Waals surface area contributed by atoms with Gasteiger partial charge in [-0.1, -0.05) is 12.1 Å². The predicted molar refractivity (Wildman–Crippen MR) is 94.7 cm³/mol. The van der Waals surface area contributed by atoms with Crippen molar-refractivity contribution in [2.75, 3.05) is 7.11 Å². The van der Waals surface area contributed by atoms with E-state index in [1.165, 1.54) is 43.5 Å². The first kappa shape index (κ1) is 19.6. The number of aliphatic carboxylic acids is 1. The van der Waals surface area contributed by atoms with Gasteiger partial charge >= 0.3 is 11.9 Å². The number of carboxylic acids is 1. The van der Waals surface area contributed by atoms with Crippen LogP contribution in [0.1, 0.15) is 11.1 Å². The third-order valence-electron chi connectivity index (χ3n) is 3.61. The van der Waals surface area contributed by atoms with Crippen LogP contribution in [0.3, 0.4) is 0 Å². The summed E-state index contributed by atoms with van der Waals surface area (Å²) in [6.45, 7) is 0. The summed E-state index contributed by atoms with van der Waals surface area (Å²) in [5.41, 5.74) is 0.857. The fraction of sp³-hybridized carbons (Fsp3) is 0.158. The summed E-state index contributed by atoms with van der Waals surface area (Å²) in [5, 5.41) is 37.7. The average Bonchev–Trinajstić information content (AvgIpc) is 2.62. The van der Waals surface area contributed by atoms with E-state index >= 15 is 0 Å². The Kier molecular flexibility index (Phi) is 6.27. The van der Waals surface area contributed by atoms with Crippen molar-refractivity contribution in [2.45, 2.75) is 12.5 Å². The van der Waals surface area contributed by atoms with Crippen LogP contribution in [0, 0.1) is 0 Å². The third kappa shape index (κ3) is 5.40. The first-order chi connectivity index (χ1) is 12.8. The molecule has 0 saturated carbocycles. The quantitative estimate of drug-likeness (QED) is 0.329. The maximum atomic E-state index is 11.9. The van der Waals surface area contributed by atoms with Crippen LogP contribution >= 0.6 is 0 Å². The number of esters is 1. The van der Waals surface area contributed by atoms with E-state index in [-0.39, 0.29) is 23.7 Å². The van der Waals surface area contributed by atoms with Gasteiger partial charge in [0.1, 0.15) is 0 Å². The van der Waals surface area contributed by atoms with Gasteiger partial charge < -0.3 is 29.9 Å². The average molecular weight is 374 g/mol. The number of ether oxygens (including phenoxy) is 2. The molecular formula is C19H18O8. The number of carboxylic acid groups (broad SMARTS) is 1. The van der Waals surface area contributed by atoms with Crippen molar-refractivity contribution in [3.63, 3.8) is 0 Å². The molecule has 27 heavy (non-hydrogen) atoms. The Balaban J connectivity index is 2.04. The van der Waals surface area contributed by atoms with Gasteiger partial charge in [0.05, 0.1) is 7.11 Å². The van der Waals surface area contributed by atoms with Gasteiger partial charge in [0.15, 0.2) is 23.0 Å². The molecule has 0 fully saturated rings. The molecule has 8 nitrogen and oxygen atoms in total. The molecule has 0 aliphatic rings. The zero-order valence-electron chi connectivity index (χ0n) is 14.3. The molecule has 2 aromatic rings. The van der Waals surface area contributed by atoms with Crippen molar-refractivity contribution in [3.05, 3.63) is 53.6 Å². The summed E-state index contributed by atoms with van der Waals surface area (Å²) in [6.07, 6.45) is 0.722. The van der Waals surface area contributed by atoms with Crippen molar-refractivity contribution in [2.24, 2.45) is 0 Å². The fourth-order valence-corrected chi connectivity index (χ4v) is 2.24. The van der Waals surface area contributed by atoms with Crippen LogP contribution in [-0.2, 0) is 20.7 Å². The number of phenols is 3. The zero-order valence-corrected chi connectivity index (χ0v) is 14.3. The number of carbonyl (C=O) groups is 2. The summed E-state index contributed by atoms with van der Waals surface area (Å²) >= 11 is 0. The minimum absolute atomic E-state index is 0.108. The molecule has 0 amide bonds. The molecule has 1 unspecified atom stereocenters. The van der Waals surface area contributed by atoms with E-state index in [2.05, 4.69) is 0 Å². The molecule has 0 heterocycles. The topological polar surface area (TPSA) is 134 Å². The highest BCUT2D eigenvalue weighted by molar-refractivity contribution is 5.89. The SMILES string of the molecule is COc1ccc(C=CC(=O)OC(Cc2ccc(O)c(O)c2)C(=O)O)cc1O. The molecule has 0 radical (unpaired) electrons. The van der Waals surface area contributed by atoms with Crippen LogP contribution in [0.4, 0.5) is 0 Å². The number of carbonyl (C=O) groups excluding carboxylic acids is 1. The molecule has 0 aromatic heterocycles. The Bertz CT molecular complexity index is 872. The van der Waals surface area contributed by atoms with E-state index in [4.69, 9.17) is 9.47 Å². The van der Waals surface area contributed by atoms with Crippen LogP contribution in [0.2, 0.25) is 0 Å². The molecule has 0 aliphatic heterocycles. The highest BCUT2D eigenvalue weighted by Crippen LogP contribution is 2.27. The van der Waals surface area contributed by atoms with E-state index in [9.17, 15) is 30.0 Å². The molecule has 8 heteroatoms. The third-order valence-corrected chi connectivity index (χ3v) is 3.61. The Hall–Kier alpha value is -3.68. The van der Waals surface area contributed by atoms with Crippen molar-refractivity contribution in [3.8, 4) is 23.0 Å². The largest absolute Gasteiger partial charge is 0.504 e. The fourth-order valence-electron chi connectivity index (χ4n) is 2.24. The monoisotopic (exact) mass is 374 g/mol. The summed E-state index contributed by atoms with van der Waals surface area (Å²) in [6, 6.07) is 8.29. The van der Waals surface area contributed by atoms with E-state index in [0.29, 0.717) is 11.1 Å². The van der Waals surface area contributed by atoms with Crippen LogP contribution in [0.25, 0.3) is 6.08 Å². The maximum absolute atomic E-state index is 11.9. The van der Waals surface area contributed by atoms with Crippen molar-refractivity contribution in [1.29, 1.82) is 0 Å². The second kappa shape index (κ2) is 8.61. The molecule has 1 atom stereocenters. The molecule has 0 spiro atoms. The number of hydrogen-bond acceptors (Lipinski definition) is 7. The number of benzene rings is 2. The van der Waals surface area contributed by atoms with Crippen LogP contribution in [0.15, 0.2) is 42.5 Å². The lowest BCUT2D eigenvalue weighted by Crippen LogP contribution is -2.28. The Labute approximate surface area is 154 Å². The maximum Gasteiger partial charge on any atom is 0.345 e. The molecular weight excluding hydrogens is 356 g/mol. The number of aromatic hydroxyl groups is 3. The van der Waals surface area contributed by atoms with Gasteiger partial charge in [-0.3, -0.25) is 0 Å². The number of rotatable bonds is 7. The molecule has 0 bridgehead atoms. The minimum atomic E-state index is -1.48. The highest BCUT2D eigenvalue weighted by Gasteiger charge is 2.22. The zero-order chi connectivity index (χ0) is 20.0. The molecule has 4 N–H and O–H groups in total. The van der Waals surface area contributed by atoms with Gasteiger partial charge in [0, 0.05) is 12.5 Å². The van der Waals surface area contributed by atoms with Gasteiger partial charge in [-0.05, 0) is 41.5 Å². The summed E-state index contributed by atoms with van der Waals surface area (Å²) in [5.74, 6) is -2.82. The lowest BCUT2D eigenvalue weighted by atomic mass is 10.1. The van der Waals surface area contributed by atoms with Crippen LogP contribution < -0.4 is 4.74 Å². The first-order valence-electron chi connectivity index (χ1n) is 7.79. The van der Waals surface area contributed by atoms with E-state index in [1.807, 2.05) is 0 Å². The van der Waals surface area contributed by atoms with Gasteiger partial charge in [-0.25, -0.2) is 9.59 Å². The van der Waals surface area contributed by atoms with Gasteiger partial charge in [-0.15, -0.1) is 0 Å². The number of methoxy groups -OCH3 is 1. The Morgan fingerprint density at radius 2 is 1.78 bits per heavy atom. The van der Waals surface area contributed by atoms with Crippen molar-refractivity contribution >= 4 is 18.0 Å². The normalized spacial score (nSPS) is 11.9. The van der Waals surface area contributed by atoms with Gasteiger partial charge in [0.2, 0.25) is 6.10 Å². The Morgan fingerprint density at radius 3 is 2.37 bits per heavy atom. The summed E-state index contributed by atoms with van der Waals surface area (Å²) in [7, 11) is 1.40. The van der Waals surface area contributed by atoms with E-state index in [0.717, 1.165) is 6.08 Å². The van der Waals surface area contributed by atoms with Crippen molar-refractivity contribution in [1.82, 2.24) is 0 Å². The van der Waals surface area contributed by atoms with Crippen LogP contribution in [0.5, 0.6) is 23.0 Å². The number of hydrogen-bond donors (Lipinski definition) is 4. The lowest BCUT2D eigenvalue weighted by molar-refractivity contribution is -0.160. The highest BCUT2D eigenvalue weighted by atomic mass is 16.6. The molecule has 0 aliphatic carbocycles. The molecule has 2 aromatic carbocycles. The van der Waals surface area contributed by atoms with Crippen molar-refractivity contribution < 1.29 is 39.5 Å². The van der Waals surface area contributed by atoms with Gasteiger partial charge in [0.25, 0.3) is 0 Å². The molecule has 0 saturated heterocycles. The summed E-state index contributed by atoms with van der Waals surface area (Å²) < 4.78 is 9.84. The second-order valence-electron chi connectivity index (χ2n) is 5.56. The van der Waals surface area contributed by atoms with E-state index < -0.39 is 23.8 Å². The lowest BCUT2D eigenvalue weighted by Gasteiger charge is -2.13. The summed E-state index contributed by atoms with van der Waals surface area (Å²) in [4.78, 5) is 23.2. The van der Waals surface area contributed by atoms with Gasteiger partial charge in [-0.2, -0.15) is 0 Å². The first-order valence-corrected chi connectivity index (χ1v) is 7.79. The predicted octanol–water partition coefficient (Wildman–Crippen LogP) is 2.06. The number of phenolic OH excluding ortho intramolecular Hbond substituents is 3. The molecule has 142 valence electrons. The minimum Gasteiger partial charge on any atom is -0.504 e. The second-order valence-corrected chi connectivity index (χ2v) is 5.56. The van der Waals surface area contributed by atoms with Crippen LogP contribution in [-0.4, -0.2) is 45.6 Å².